The van der Waals surface area contributed by atoms with E-state index in [0.29, 0.717) is 12.8 Å². The second-order valence-electron chi connectivity index (χ2n) is 4.34. The summed E-state index contributed by atoms with van der Waals surface area (Å²) in [5.74, 6) is -0.717. The predicted octanol–water partition coefficient (Wildman–Crippen LogP) is 3.23. The van der Waals surface area contributed by atoms with Crippen LogP contribution in [0.1, 0.15) is 12.0 Å². The third kappa shape index (κ3) is 3.64. The van der Waals surface area contributed by atoms with Crippen LogP contribution in [0.15, 0.2) is 59.5 Å². The van der Waals surface area contributed by atoms with Gasteiger partial charge in [0.1, 0.15) is 10.7 Å². The van der Waals surface area contributed by atoms with Crippen molar-refractivity contribution in [2.24, 2.45) is 0 Å². The molecular formula is C15H15FO2S. The Labute approximate surface area is 112 Å². The summed E-state index contributed by atoms with van der Waals surface area (Å²) in [6.45, 7) is 0. The van der Waals surface area contributed by atoms with E-state index in [0.717, 1.165) is 5.56 Å². The Hall–Kier alpha value is -1.68. The number of sulfone groups is 1. The highest BCUT2D eigenvalue weighted by Gasteiger charge is 2.17. The zero-order chi connectivity index (χ0) is 13.7. The molecular weight excluding hydrogens is 263 g/mol. The van der Waals surface area contributed by atoms with E-state index in [2.05, 4.69) is 0 Å². The summed E-state index contributed by atoms with van der Waals surface area (Å²) in [4.78, 5) is -0.205. The van der Waals surface area contributed by atoms with Gasteiger partial charge in [-0.05, 0) is 30.5 Å². The summed E-state index contributed by atoms with van der Waals surface area (Å²) >= 11 is 0. The molecule has 0 radical (unpaired) electrons. The van der Waals surface area contributed by atoms with Crippen LogP contribution in [0.4, 0.5) is 4.39 Å². The van der Waals surface area contributed by atoms with Gasteiger partial charge in [-0.2, -0.15) is 0 Å². The number of hydrogen-bond acceptors (Lipinski definition) is 2. The van der Waals surface area contributed by atoms with E-state index in [1.54, 1.807) is 0 Å². The molecule has 2 aromatic carbocycles. The van der Waals surface area contributed by atoms with Gasteiger partial charge in [-0.25, -0.2) is 12.8 Å². The maximum atomic E-state index is 13.5. The van der Waals surface area contributed by atoms with Crippen LogP contribution in [0.3, 0.4) is 0 Å². The molecule has 0 fully saturated rings. The van der Waals surface area contributed by atoms with Gasteiger partial charge in [-0.1, -0.05) is 42.5 Å². The number of aryl methyl sites for hydroxylation is 1. The lowest BCUT2D eigenvalue weighted by molar-refractivity contribution is 0.565. The molecule has 0 saturated heterocycles. The Morgan fingerprint density at radius 1 is 0.895 bits per heavy atom. The van der Waals surface area contributed by atoms with E-state index in [4.69, 9.17) is 0 Å². The Bertz CT molecular complexity index is 636. The lowest BCUT2D eigenvalue weighted by Gasteiger charge is -2.05. The van der Waals surface area contributed by atoms with Crippen molar-refractivity contribution in [2.75, 3.05) is 5.75 Å². The topological polar surface area (TPSA) is 34.1 Å². The molecule has 0 aliphatic heterocycles. The van der Waals surface area contributed by atoms with Crippen LogP contribution in [-0.4, -0.2) is 14.2 Å². The van der Waals surface area contributed by atoms with Crippen molar-refractivity contribution in [2.45, 2.75) is 17.7 Å². The molecule has 0 heterocycles. The van der Waals surface area contributed by atoms with E-state index in [9.17, 15) is 12.8 Å². The molecule has 2 nitrogen and oxygen atoms in total. The van der Waals surface area contributed by atoms with Gasteiger partial charge in [-0.15, -0.1) is 0 Å². The van der Waals surface area contributed by atoms with E-state index in [1.165, 1.54) is 24.3 Å². The monoisotopic (exact) mass is 278 g/mol. The van der Waals surface area contributed by atoms with Gasteiger partial charge in [0.2, 0.25) is 0 Å². The van der Waals surface area contributed by atoms with Crippen LogP contribution in [0.5, 0.6) is 0 Å². The fraction of sp³-hybridized carbons (Fsp3) is 0.200. The predicted molar refractivity (Wildman–Crippen MR) is 73.2 cm³/mol. The van der Waals surface area contributed by atoms with Crippen LogP contribution < -0.4 is 0 Å². The molecule has 0 atom stereocenters. The van der Waals surface area contributed by atoms with E-state index >= 15 is 0 Å². The van der Waals surface area contributed by atoms with Crippen molar-refractivity contribution < 1.29 is 12.8 Å². The standard InChI is InChI=1S/C15H15FO2S/c16-14-10-4-5-11-15(14)19(17,18)12-6-9-13-7-2-1-3-8-13/h1-5,7-8,10-11H,6,9,12H2. The van der Waals surface area contributed by atoms with Gasteiger partial charge in [0.15, 0.2) is 9.84 Å². The first kappa shape index (κ1) is 13.7. The Morgan fingerprint density at radius 3 is 2.21 bits per heavy atom. The van der Waals surface area contributed by atoms with Crippen LogP contribution >= 0.6 is 0 Å². The molecule has 0 amide bonds. The molecule has 2 aromatic rings. The molecule has 0 bridgehead atoms. The Morgan fingerprint density at radius 2 is 1.53 bits per heavy atom. The van der Waals surface area contributed by atoms with E-state index in [-0.39, 0.29) is 10.6 Å². The van der Waals surface area contributed by atoms with Crippen molar-refractivity contribution in [3.05, 3.63) is 66.0 Å². The fourth-order valence-electron chi connectivity index (χ4n) is 1.92. The number of halogens is 1. The normalized spacial score (nSPS) is 11.4. The summed E-state index contributed by atoms with van der Waals surface area (Å²) in [5.41, 5.74) is 1.09. The van der Waals surface area contributed by atoms with Crippen molar-refractivity contribution in [3.63, 3.8) is 0 Å². The first-order valence-electron chi connectivity index (χ1n) is 6.11. The maximum absolute atomic E-state index is 13.5. The van der Waals surface area contributed by atoms with Crippen molar-refractivity contribution in [3.8, 4) is 0 Å². The molecule has 0 N–H and O–H groups in total. The van der Waals surface area contributed by atoms with Crippen LogP contribution in [-0.2, 0) is 16.3 Å². The summed E-state index contributed by atoms with van der Waals surface area (Å²) in [6.07, 6.45) is 1.16. The molecule has 0 spiro atoms. The molecule has 4 heteroatoms. The highest BCUT2D eigenvalue weighted by Crippen LogP contribution is 2.16. The average Bonchev–Trinajstić information content (AvgIpc) is 2.40. The molecule has 100 valence electrons. The first-order chi connectivity index (χ1) is 9.09. The smallest absolute Gasteiger partial charge is 0.181 e. The highest BCUT2D eigenvalue weighted by atomic mass is 32.2. The first-order valence-corrected chi connectivity index (χ1v) is 7.76. The second kappa shape index (κ2) is 5.97. The van der Waals surface area contributed by atoms with Crippen LogP contribution in [0.25, 0.3) is 0 Å². The molecule has 0 aliphatic rings. The number of hydrogen-bond donors (Lipinski definition) is 0. The van der Waals surface area contributed by atoms with Gasteiger partial charge in [0.05, 0.1) is 5.75 Å². The minimum absolute atomic E-state index is 0.0389. The SMILES string of the molecule is O=S(=O)(CCCc1ccccc1)c1ccccc1F. The van der Waals surface area contributed by atoms with E-state index in [1.807, 2.05) is 30.3 Å². The minimum atomic E-state index is -3.54. The Kier molecular flexibility index (Phi) is 4.32. The van der Waals surface area contributed by atoms with Crippen LogP contribution in [0.2, 0.25) is 0 Å². The Balaban J connectivity index is 2.01. The van der Waals surface area contributed by atoms with Gasteiger partial charge in [0.25, 0.3) is 0 Å². The zero-order valence-corrected chi connectivity index (χ0v) is 11.2. The second-order valence-corrected chi connectivity index (χ2v) is 6.42. The fourth-order valence-corrected chi connectivity index (χ4v) is 3.31. The zero-order valence-electron chi connectivity index (χ0n) is 10.4. The van der Waals surface area contributed by atoms with Gasteiger partial charge < -0.3 is 0 Å². The number of rotatable bonds is 5. The molecule has 19 heavy (non-hydrogen) atoms. The van der Waals surface area contributed by atoms with Gasteiger partial charge >= 0.3 is 0 Å². The summed E-state index contributed by atoms with van der Waals surface area (Å²) in [6, 6.07) is 15.2. The third-order valence-electron chi connectivity index (χ3n) is 2.89. The van der Waals surface area contributed by atoms with E-state index < -0.39 is 15.7 Å². The lowest BCUT2D eigenvalue weighted by atomic mass is 10.1. The minimum Gasteiger partial charge on any atom is -0.224 e. The summed E-state index contributed by atoms with van der Waals surface area (Å²) in [7, 11) is -3.54. The third-order valence-corrected chi connectivity index (χ3v) is 4.72. The van der Waals surface area contributed by atoms with Gasteiger partial charge in [-0.3, -0.25) is 0 Å². The highest BCUT2D eigenvalue weighted by molar-refractivity contribution is 7.91. The van der Waals surface area contributed by atoms with Crippen molar-refractivity contribution >= 4 is 9.84 Å². The molecule has 0 aromatic heterocycles. The van der Waals surface area contributed by atoms with Gasteiger partial charge in [0, 0.05) is 0 Å². The summed E-state index contributed by atoms with van der Waals surface area (Å²) < 4.78 is 37.5. The molecule has 2 rings (SSSR count). The average molecular weight is 278 g/mol. The lowest BCUT2D eigenvalue weighted by Crippen LogP contribution is -2.09. The maximum Gasteiger partial charge on any atom is 0.181 e. The van der Waals surface area contributed by atoms with Crippen molar-refractivity contribution in [1.82, 2.24) is 0 Å². The molecule has 0 saturated carbocycles. The summed E-state index contributed by atoms with van der Waals surface area (Å²) in [5, 5.41) is 0. The van der Waals surface area contributed by atoms with Crippen LogP contribution in [0, 0.1) is 5.82 Å². The largest absolute Gasteiger partial charge is 0.224 e. The molecule has 0 unspecified atom stereocenters. The molecule has 0 aliphatic carbocycles. The van der Waals surface area contributed by atoms with Crippen molar-refractivity contribution in [1.29, 1.82) is 0 Å². The number of benzene rings is 2. The quantitative estimate of drug-likeness (QED) is 0.841.